The maximum atomic E-state index is 12.1. The summed E-state index contributed by atoms with van der Waals surface area (Å²) in [7, 11) is -1.58. The zero-order valence-corrected chi connectivity index (χ0v) is 14.5. The van der Waals surface area contributed by atoms with Gasteiger partial charge in [0, 0.05) is 26.2 Å². The van der Waals surface area contributed by atoms with Crippen LogP contribution < -0.4 is 0 Å². The molecule has 7 heteroatoms. The van der Waals surface area contributed by atoms with Crippen molar-refractivity contribution in [3.63, 3.8) is 0 Å². The molecule has 6 nitrogen and oxygen atoms in total. The lowest BCUT2D eigenvalue weighted by Gasteiger charge is -2.35. The molecule has 23 heavy (non-hydrogen) atoms. The number of ether oxygens (including phenoxy) is 1. The van der Waals surface area contributed by atoms with Crippen LogP contribution in [0.3, 0.4) is 0 Å². The van der Waals surface area contributed by atoms with Gasteiger partial charge < -0.3 is 9.64 Å². The van der Waals surface area contributed by atoms with E-state index in [2.05, 4.69) is 0 Å². The van der Waals surface area contributed by atoms with E-state index in [1.165, 1.54) is 10.6 Å². The molecule has 0 saturated carbocycles. The van der Waals surface area contributed by atoms with Gasteiger partial charge in [0.1, 0.15) is 6.61 Å². The summed E-state index contributed by atoms with van der Waals surface area (Å²) in [4.78, 5) is 13.9. The highest BCUT2D eigenvalue weighted by atomic mass is 32.2. The Labute approximate surface area is 138 Å². The van der Waals surface area contributed by atoms with Gasteiger partial charge in [0.2, 0.25) is 15.9 Å². The van der Waals surface area contributed by atoms with E-state index in [4.69, 9.17) is 4.74 Å². The molecule has 1 fully saturated rings. The third kappa shape index (κ3) is 5.30. The molecule has 0 spiro atoms. The van der Waals surface area contributed by atoms with Crippen LogP contribution in [0.15, 0.2) is 30.3 Å². The summed E-state index contributed by atoms with van der Waals surface area (Å²) in [5.74, 6) is -0.0404. The summed E-state index contributed by atoms with van der Waals surface area (Å²) in [6.45, 7) is 1.61. The van der Waals surface area contributed by atoms with Gasteiger partial charge in [-0.1, -0.05) is 30.3 Å². The van der Waals surface area contributed by atoms with Gasteiger partial charge in [0.15, 0.2) is 0 Å². The highest BCUT2D eigenvalue weighted by Gasteiger charge is 2.28. The smallest absolute Gasteiger partial charge is 0.248 e. The predicted molar refractivity (Wildman–Crippen MR) is 88.3 cm³/mol. The van der Waals surface area contributed by atoms with Crippen molar-refractivity contribution in [3.8, 4) is 0 Å². The minimum Gasteiger partial charge on any atom is -0.367 e. The quantitative estimate of drug-likeness (QED) is 0.777. The summed E-state index contributed by atoms with van der Waals surface area (Å²) < 4.78 is 30.0. The second kappa shape index (κ2) is 7.90. The Morgan fingerprint density at radius 3 is 2.43 bits per heavy atom. The maximum Gasteiger partial charge on any atom is 0.248 e. The summed E-state index contributed by atoms with van der Waals surface area (Å²) in [5.41, 5.74) is 1.04. The molecule has 1 amide bonds. The SMILES string of the molecule is CN(C1CCN(C(=O)COCc2ccccc2)CC1)S(C)(=O)=O. The van der Waals surface area contributed by atoms with E-state index in [9.17, 15) is 13.2 Å². The van der Waals surface area contributed by atoms with Gasteiger partial charge in [-0.25, -0.2) is 12.7 Å². The summed E-state index contributed by atoms with van der Waals surface area (Å²) in [6.07, 6.45) is 2.53. The Kier molecular flexibility index (Phi) is 6.15. The summed E-state index contributed by atoms with van der Waals surface area (Å²) in [6, 6.07) is 9.69. The number of carbonyl (C=O) groups is 1. The number of hydrogen-bond acceptors (Lipinski definition) is 4. The molecule has 0 N–H and O–H groups in total. The number of rotatable bonds is 6. The highest BCUT2D eigenvalue weighted by Crippen LogP contribution is 2.17. The number of piperidine rings is 1. The number of carbonyl (C=O) groups excluding carboxylic acids is 1. The molecule has 1 aromatic carbocycles. The Bertz CT molecular complexity index is 610. The number of likely N-dealkylation sites (tertiary alicyclic amines) is 1. The zero-order chi connectivity index (χ0) is 16.9. The molecule has 2 rings (SSSR count). The van der Waals surface area contributed by atoms with Gasteiger partial charge in [0.25, 0.3) is 0 Å². The lowest BCUT2D eigenvalue weighted by atomic mass is 10.1. The van der Waals surface area contributed by atoms with Crippen LogP contribution in [-0.2, 0) is 26.2 Å². The van der Waals surface area contributed by atoms with E-state index in [1.807, 2.05) is 30.3 Å². The molecule has 1 aliphatic rings. The van der Waals surface area contributed by atoms with Crippen LogP contribution in [-0.4, -0.2) is 62.6 Å². The lowest BCUT2D eigenvalue weighted by Crippen LogP contribution is -2.47. The molecule has 1 saturated heterocycles. The maximum absolute atomic E-state index is 12.1. The van der Waals surface area contributed by atoms with Crippen LogP contribution in [0.25, 0.3) is 0 Å². The Hall–Kier alpha value is -1.44. The Morgan fingerprint density at radius 1 is 1.26 bits per heavy atom. The van der Waals surface area contributed by atoms with Gasteiger partial charge >= 0.3 is 0 Å². The molecule has 0 unspecified atom stereocenters. The second-order valence-corrected chi connectivity index (χ2v) is 7.91. The van der Waals surface area contributed by atoms with Crippen LogP contribution in [0.1, 0.15) is 18.4 Å². The molecular weight excluding hydrogens is 316 g/mol. The third-order valence-electron chi connectivity index (χ3n) is 4.19. The number of nitrogens with zero attached hydrogens (tertiary/aromatic N) is 2. The van der Waals surface area contributed by atoms with E-state index in [1.54, 1.807) is 11.9 Å². The fourth-order valence-electron chi connectivity index (χ4n) is 2.67. The minimum absolute atomic E-state index is 0.0284. The molecule has 0 radical (unpaired) electrons. The van der Waals surface area contributed by atoms with E-state index in [0.717, 1.165) is 5.56 Å². The highest BCUT2D eigenvalue weighted by molar-refractivity contribution is 7.88. The van der Waals surface area contributed by atoms with Crippen molar-refractivity contribution in [2.75, 3.05) is 33.0 Å². The monoisotopic (exact) mass is 340 g/mol. The van der Waals surface area contributed by atoms with Gasteiger partial charge in [-0.2, -0.15) is 0 Å². The van der Waals surface area contributed by atoms with Crippen molar-refractivity contribution in [2.45, 2.75) is 25.5 Å². The minimum atomic E-state index is -3.18. The molecule has 0 atom stereocenters. The van der Waals surface area contributed by atoms with Crippen molar-refractivity contribution < 1.29 is 17.9 Å². The molecule has 1 heterocycles. The average molecular weight is 340 g/mol. The second-order valence-electron chi connectivity index (χ2n) is 5.87. The third-order valence-corrected chi connectivity index (χ3v) is 5.54. The topological polar surface area (TPSA) is 66.9 Å². The molecular formula is C16H24N2O4S. The van der Waals surface area contributed by atoms with Crippen LogP contribution in [0.5, 0.6) is 0 Å². The Morgan fingerprint density at radius 2 is 1.87 bits per heavy atom. The first-order valence-electron chi connectivity index (χ1n) is 7.70. The Balaban J connectivity index is 1.73. The molecule has 0 bridgehead atoms. The first-order valence-corrected chi connectivity index (χ1v) is 9.55. The number of benzene rings is 1. The fraction of sp³-hybridized carbons (Fsp3) is 0.562. The summed E-state index contributed by atoms with van der Waals surface area (Å²) in [5, 5.41) is 0. The predicted octanol–water partition coefficient (Wildman–Crippen LogP) is 1.09. The fourth-order valence-corrected chi connectivity index (χ4v) is 3.42. The van der Waals surface area contributed by atoms with Gasteiger partial charge in [-0.15, -0.1) is 0 Å². The van der Waals surface area contributed by atoms with Crippen molar-refractivity contribution in [1.29, 1.82) is 0 Å². The summed E-state index contributed by atoms with van der Waals surface area (Å²) >= 11 is 0. The zero-order valence-electron chi connectivity index (χ0n) is 13.6. The first-order chi connectivity index (χ1) is 10.9. The average Bonchev–Trinajstić information content (AvgIpc) is 2.54. The molecule has 128 valence electrons. The van der Waals surface area contributed by atoms with Crippen molar-refractivity contribution in [2.24, 2.45) is 0 Å². The van der Waals surface area contributed by atoms with E-state index in [0.29, 0.717) is 32.5 Å². The van der Waals surface area contributed by atoms with Crippen LogP contribution >= 0.6 is 0 Å². The van der Waals surface area contributed by atoms with Crippen LogP contribution in [0.4, 0.5) is 0 Å². The molecule has 0 aliphatic carbocycles. The van der Waals surface area contributed by atoms with E-state index < -0.39 is 10.0 Å². The largest absolute Gasteiger partial charge is 0.367 e. The molecule has 1 aliphatic heterocycles. The molecule has 0 aromatic heterocycles. The standard InChI is InChI=1S/C16H24N2O4S/c1-17(23(2,20)21)15-8-10-18(11-9-15)16(19)13-22-12-14-6-4-3-5-7-14/h3-7,15H,8-13H2,1-2H3. The van der Waals surface area contributed by atoms with Crippen LogP contribution in [0.2, 0.25) is 0 Å². The first kappa shape index (κ1) is 17.9. The normalized spacial score (nSPS) is 16.7. The van der Waals surface area contributed by atoms with E-state index >= 15 is 0 Å². The van der Waals surface area contributed by atoms with Gasteiger partial charge in [-0.05, 0) is 18.4 Å². The number of sulfonamides is 1. The molecule has 1 aromatic rings. The van der Waals surface area contributed by atoms with Crippen molar-refractivity contribution in [3.05, 3.63) is 35.9 Å². The van der Waals surface area contributed by atoms with Crippen molar-refractivity contribution >= 4 is 15.9 Å². The lowest BCUT2D eigenvalue weighted by molar-refractivity contribution is -0.137. The van der Waals surface area contributed by atoms with E-state index in [-0.39, 0.29) is 18.6 Å². The van der Waals surface area contributed by atoms with Gasteiger partial charge in [-0.3, -0.25) is 4.79 Å². The van der Waals surface area contributed by atoms with Gasteiger partial charge in [0.05, 0.1) is 12.9 Å². The number of amides is 1. The van der Waals surface area contributed by atoms with Crippen molar-refractivity contribution in [1.82, 2.24) is 9.21 Å². The van der Waals surface area contributed by atoms with Crippen LogP contribution in [0, 0.1) is 0 Å². The number of hydrogen-bond donors (Lipinski definition) is 0.